The fourth-order valence-electron chi connectivity index (χ4n) is 2.28. The molecule has 0 aliphatic carbocycles. The van der Waals surface area contributed by atoms with Crippen LogP contribution in [0.2, 0.25) is 0 Å². The molecule has 0 aliphatic heterocycles. The normalized spacial score (nSPS) is 12.2. The van der Waals surface area contributed by atoms with Gasteiger partial charge in [-0.2, -0.15) is 0 Å². The van der Waals surface area contributed by atoms with Crippen molar-refractivity contribution in [2.75, 3.05) is 19.6 Å². The summed E-state index contributed by atoms with van der Waals surface area (Å²) in [5.74, 6) is 0.347. The largest absolute Gasteiger partial charge is 0.386 e. The summed E-state index contributed by atoms with van der Waals surface area (Å²) in [5, 5.41) is 16.6. The molecule has 0 bridgehead atoms. The van der Waals surface area contributed by atoms with Gasteiger partial charge in [0.25, 0.3) is 0 Å². The number of nitrogens with zero attached hydrogens (tertiary/aromatic N) is 1. The van der Waals surface area contributed by atoms with Crippen LogP contribution in [-0.2, 0) is 6.42 Å². The van der Waals surface area contributed by atoms with Crippen molar-refractivity contribution in [3.8, 4) is 0 Å². The molecule has 2 rings (SSSR count). The molecule has 0 fully saturated rings. The highest BCUT2D eigenvalue weighted by Gasteiger charge is 2.07. The zero-order chi connectivity index (χ0) is 17.2. The van der Waals surface area contributed by atoms with E-state index in [1.54, 1.807) is 12.1 Å². The Labute approximate surface area is 165 Å². The van der Waals surface area contributed by atoms with Crippen molar-refractivity contribution in [2.24, 2.45) is 4.99 Å². The molecule has 2 aromatic carbocycles. The van der Waals surface area contributed by atoms with Gasteiger partial charge in [-0.3, -0.25) is 4.99 Å². The number of hydrogen-bond donors (Lipinski definition) is 3. The number of aliphatic imine (C=N–C) groups is 1. The van der Waals surface area contributed by atoms with Crippen LogP contribution in [0.15, 0.2) is 59.6 Å². The van der Waals surface area contributed by atoms with E-state index < -0.39 is 6.10 Å². The van der Waals surface area contributed by atoms with Crippen LogP contribution in [0.5, 0.6) is 0 Å². The number of aliphatic hydroxyl groups is 1. The minimum atomic E-state index is -0.754. The second-order valence-corrected chi connectivity index (χ2v) is 5.45. The minimum absolute atomic E-state index is 0. The molecule has 0 heterocycles. The van der Waals surface area contributed by atoms with Crippen molar-refractivity contribution >= 4 is 29.9 Å². The molecule has 4 nitrogen and oxygen atoms in total. The Hall–Kier alpha value is -1.67. The summed E-state index contributed by atoms with van der Waals surface area (Å²) >= 11 is 0. The third-order valence-corrected chi connectivity index (χ3v) is 3.57. The van der Waals surface area contributed by atoms with Crippen molar-refractivity contribution in [1.29, 1.82) is 0 Å². The lowest BCUT2D eigenvalue weighted by Crippen LogP contribution is -2.38. The molecule has 136 valence electrons. The van der Waals surface area contributed by atoms with Crippen LogP contribution in [0.3, 0.4) is 0 Å². The first-order chi connectivity index (χ1) is 11.7. The molecular formula is C19H25FIN3O. The van der Waals surface area contributed by atoms with Gasteiger partial charge in [0.2, 0.25) is 0 Å². The van der Waals surface area contributed by atoms with E-state index in [1.807, 2.05) is 25.1 Å². The summed E-state index contributed by atoms with van der Waals surface area (Å²) in [6.45, 7) is 3.70. The average Bonchev–Trinajstić information content (AvgIpc) is 2.61. The van der Waals surface area contributed by atoms with Crippen LogP contribution >= 0.6 is 24.0 Å². The lowest BCUT2D eigenvalue weighted by Gasteiger charge is -2.13. The molecule has 1 unspecified atom stereocenters. The maximum absolute atomic E-state index is 12.9. The van der Waals surface area contributed by atoms with E-state index in [9.17, 15) is 9.50 Å². The summed E-state index contributed by atoms with van der Waals surface area (Å²) in [7, 11) is 0. The van der Waals surface area contributed by atoms with Crippen molar-refractivity contribution < 1.29 is 9.50 Å². The quantitative estimate of drug-likeness (QED) is 0.340. The molecule has 0 amide bonds. The molecule has 6 heteroatoms. The number of hydrogen-bond acceptors (Lipinski definition) is 2. The Balaban J connectivity index is 0.00000312. The third-order valence-electron chi connectivity index (χ3n) is 3.57. The van der Waals surface area contributed by atoms with E-state index in [1.165, 1.54) is 17.7 Å². The highest BCUT2D eigenvalue weighted by Crippen LogP contribution is 2.13. The molecule has 0 aliphatic rings. The second kappa shape index (κ2) is 11.8. The first-order valence-corrected chi connectivity index (χ1v) is 8.18. The van der Waals surface area contributed by atoms with Crippen LogP contribution in [0, 0.1) is 5.82 Å². The fraction of sp³-hybridized carbons (Fsp3) is 0.316. The van der Waals surface area contributed by atoms with Crippen molar-refractivity contribution in [3.63, 3.8) is 0 Å². The molecule has 3 N–H and O–H groups in total. The first-order valence-electron chi connectivity index (χ1n) is 8.18. The monoisotopic (exact) mass is 457 g/mol. The average molecular weight is 457 g/mol. The second-order valence-electron chi connectivity index (χ2n) is 5.45. The number of benzene rings is 2. The SMILES string of the molecule is CCNC(=NCC(O)c1ccc(F)cc1)NCCc1ccccc1.I. The zero-order valence-corrected chi connectivity index (χ0v) is 16.6. The molecule has 2 aromatic rings. The first kappa shape index (κ1) is 21.4. The highest BCUT2D eigenvalue weighted by molar-refractivity contribution is 14.0. The molecular weight excluding hydrogens is 432 g/mol. The lowest BCUT2D eigenvalue weighted by atomic mass is 10.1. The number of halogens is 2. The maximum Gasteiger partial charge on any atom is 0.191 e. The Bertz CT molecular complexity index is 635. The van der Waals surface area contributed by atoms with Gasteiger partial charge in [-0.15, -0.1) is 24.0 Å². The maximum atomic E-state index is 12.9. The highest BCUT2D eigenvalue weighted by atomic mass is 127. The smallest absolute Gasteiger partial charge is 0.191 e. The van der Waals surface area contributed by atoms with Gasteiger partial charge < -0.3 is 15.7 Å². The van der Waals surface area contributed by atoms with E-state index in [0.717, 1.165) is 19.5 Å². The summed E-state index contributed by atoms with van der Waals surface area (Å²) in [4.78, 5) is 4.39. The molecule has 25 heavy (non-hydrogen) atoms. The Kier molecular flexibility index (Phi) is 10.1. The van der Waals surface area contributed by atoms with Crippen molar-refractivity contribution in [2.45, 2.75) is 19.4 Å². The van der Waals surface area contributed by atoms with Crippen LogP contribution in [0.25, 0.3) is 0 Å². The Morgan fingerprint density at radius 1 is 1.08 bits per heavy atom. The van der Waals surface area contributed by atoms with Gasteiger partial charge >= 0.3 is 0 Å². The predicted octanol–water partition coefficient (Wildman–Crippen LogP) is 3.27. The summed E-state index contributed by atoms with van der Waals surface area (Å²) in [5.41, 5.74) is 1.91. The zero-order valence-electron chi connectivity index (χ0n) is 14.3. The van der Waals surface area contributed by atoms with Crippen LogP contribution in [0.4, 0.5) is 4.39 Å². The fourth-order valence-corrected chi connectivity index (χ4v) is 2.28. The van der Waals surface area contributed by atoms with Crippen molar-refractivity contribution in [3.05, 3.63) is 71.5 Å². The van der Waals surface area contributed by atoms with Crippen molar-refractivity contribution in [1.82, 2.24) is 10.6 Å². The standard InChI is InChI=1S/C19H24FN3O.HI/c1-2-21-19(22-13-12-15-6-4-3-5-7-15)23-14-18(24)16-8-10-17(20)11-9-16;/h3-11,18,24H,2,12-14H2,1H3,(H2,21,22,23);1H. The van der Waals surface area contributed by atoms with E-state index in [4.69, 9.17) is 0 Å². The minimum Gasteiger partial charge on any atom is -0.386 e. The molecule has 0 saturated heterocycles. The topological polar surface area (TPSA) is 56.7 Å². The molecule has 1 atom stereocenters. The van der Waals surface area contributed by atoms with Gasteiger partial charge in [0.1, 0.15) is 5.82 Å². The number of nitrogens with one attached hydrogen (secondary N) is 2. The van der Waals surface area contributed by atoms with E-state index >= 15 is 0 Å². The summed E-state index contributed by atoms with van der Waals surface area (Å²) in [6, 6.07) is 16.0. The van der Waals surface area contributed by atoms with Crippen LogP contribution in [0.1, 0.15) is 24.2 Å². The van der Waals surface area contributed by atoms with Gasteiger partial charge in [-0.1, -0.05) is 42.5 Å². The molecule has 0 spiro atoms. The van der Waals surface area contributed by atoms with Gasteiger partial charge in [-0.05, 0) is 36.6 Å². The number of aliphatic hydroxyl groups excluding tert-OH is 1. The van der Waals surface area contributed by atoms with E-state index in [0.29, 0.717) is 11.5 Å². The molecule has 0 saturated carbocycles. The van der Waals surface area contributed by atoms with Gasteiger partial charge in [-0.25, -0.2) is 4.39 Å². The van der Waals surface area contributed by atoms with Gasteiger partial charge in [0, 0.05) is 13.1 Å². The Morgan fingerprint density at radius 3 is 2.40 bits per heavy atom. The van der Waals surface area contributed by atoms with Gasteiger partial charge in [0.05, 0.1) is 12.6 Å². The summed E-state index contributed by atoms with van der Waals surface area (Å²) in [6.07, 6.45) is 0.140. The predicted molar refractivity (Wildman–Crippen MR) is 111 cm³/mol. The lowest BCUT2D eigenvalue weighted by molar-refractivity contribution is 0.187. The summed E-state index contributed by atoms with van der Waals surface area (Å²) < 4.78 is 12.9. The number of guanidine groups is 1. The van der Waals surface area contributed by atoms with Gasteiger partial charge in [0.15, 0.2) is 5.96 Å². The number of rotatable bonds is 7. The van der Waals surface area contributed by atoms with E-state index in [-0.39, 0.29) is 36.3 Å². The van der Waals surface area contributed by atoms with E-state index in [2.05, 4.69) is 27.8 Å². The third kappa shape index (κ3) is 7.83. The van der Waals surface area contributed by atoms with Crippen LogP contribution < -0.4 is 10.6 Å². The molecule has 0 radical (unpaired) electrons. The molecule has 0 aromatic heterocycles. The Morgan fingerprint density at radius 2 is 1.76 bits per heavy atom. The van der Waals surface area contributed by atoms with Crippen LogP contribution in [-0.4, -0.2) is 30.7 Å².